The number of nitrogens with one attached hydrogen (secondary N) is 1. The van der Waals surface area contributed by atoms with Crippen molar-refractivity contribution in [2.75, 3.05) is 20.3 Å². The van der Waals surface area contributed by atoms with Gasteiger partial charge in [-0.1, -0.05) is 24.3 Å². The first-order valence-electron chi connectivity index (χ1n) is 7.96. The summed E-state index contributed by atoms with van der Waals surface area (Å²) in [6, 6.07) is 10.4. The molecule has 1 atom stereocenters. The molecule has 3 rings (SSSR count). The number of nitro groups is 1. The highest BCUT2D eigenvalue weighted by molar-refractivity contribution is 5.56. The minimum Gasteiger partial charge on any atom is -0.493 e. The molecule has 0 saturated carbocycles. The standard InChI is InChI=1S/C18H20N2O4/c1-3-24-18-13-10-11-19-17(12(13)8-9-16(18)23-2)14-6-4-5-7-15(14)20(21)22/h4-9,17,19H,3,10-11H2,1-2H3. The SMILES string of the molecule is CCOc1c(OC)ccc2c1CCNC2c1ccccc1[N+](=O)[O-]. The Bertz CT molecular complexity index is 761. The first kappa shape index (κ1) is 16.3. The van der Waals surface area contributed by atoms with Gasteiger partial charge in [0.2, 0.25) is 0 Å². The minimum atomic E-state index is -0.335. The van der Waals surface area contributed by atoms with Crippen LogP contribution in [0.2, 0.25) is 0 Å². The Kier molecular flexibility index (Phi) is 4.66. The summed E-state index contributed by atoms with van der Waals surface area (Å²) in [6.07, 6.45) is 0.791. The Morgan fingerprint density at radius 3 is 2.75 bits per heavy atom. The molecule has 1 N–H and O–H groups in total. The van der Waals surface area contributed by atoms with Crippen molar-refractivity contribution in [2.24, 2.45) is 0 Å². The molecule has 0 amide bonds. The van der Waals surface area contributed by atoms with E-state index in [4.69, 9.17) is 9.47 Å². The molecule has 2 aromatic carbocycles. The van der Waals surface area contributed by atoms with Gasteiger partial charge in [-0.25, -0.2) is 0 Å². The molecule has 0 radical (unpaired) electrons. The normalized spacial score (nSPS) is 16.3. The van der Waals surface area contributed by atoms with E-state index in [1.807, 2.05) is 25.1 Å². The second-order valence-corrected chi connectivity index (χ2v) is 5.55. The molecule has 1 aliphatic rings. The third-order valence-corrected chi connectivity index (χ3v) is 4.25. The van der Waals surface area contributed by atoms with E-state index in [2.05, 4.69) is 5.32 Å². The molecular weight excluding hydrogens is 308 g/mol. The first-order chi connectivity index (χ1) is 11.7. The van der Waals surface area contributed by atoms with Crippen molar-refractivity contribution in [3.8, 4) is 11.5 Å². The van der Waals surface area contributed by atoms with Gasteiger partial charge in [0.15, 0.2) is 11.5 Å². The average Bonchev–Trinajstić information content (AvgIpc) is 2.61. The first-order valence-corrected chi connectivity index (χ1v) is 7.96. The maximum absolute atomic E-state index is 11.4. The predicted molar refractivity (Wildman–Crippen MR) is 90.8 cm³/mol. The molecule has 0 aliphatic carbocycles. The smallest absolute Gasteiger partial charge is 0.274 e. The van der Waals surface area contributed by atoms with Crippen LogP contribution in [-0.4, -0.2) is 25.2 Å². The fraction of sp³-hybridized carbons (Fsp3) is 0.333. The third kappa shape index (κ3) is 2.80. The highest BCUT2D eigenvalue weighted by Gasteiger charge is 2.30. The van der Waals surface area contributed by atoms with Crippen molar-refractivity contribution in [3.05, 3.63) is 63.2 Å². The minimum absolute atomic E-state index is 0.122. The molecule has 1 unspecified atom stereocenters. The van der Waals surface area contributed by atoms with E-state index in [-0.39, 0.29) is 16.7 Å². The number of methoxy groups -OCH3 is 1. The van der Waals surface area contributed by atoms with E-state index in [1.54, 1.807) is 19.2 Å². The van der Waals surface area contributed by atoms with Crippen LogP contribution >= 0.6 is 0 Å². The van der Waals surface area contributed by atoms with Gasteiger partial charge in [-0.15, -0.1) is 0 Å². The fourth-order valence-electron chi connectivity index (χ4n) is 3.24. The largest absolute Gasteiger partial charge is 0.493 e. The topological polar surface area (TPSA) is 73.6 Å². The summed E-state index contributed by atoms with van der Waals surface area (Å²) in [5.74, 6) is 1.43. The maximum Gasteiger partial charge on any atom is 0.274 e. The molecule has 126 valence electrons. The van der Waals surface area contributed by atoms with Gasteiger partial charge in [-0.3, -0.25) is 10.1 Å². The van der Waals surface area contributed by atoms with E-state index in [0.717, 1.165) is 29.8 Å². The molecule has 0 aromatic heterocycles. The monoisotopic (exact) mass is 328 g/mol. The molecule has 0 bridgehead atoms. The van der Waals surface area contributed by atoms with Crippen molar-refractivity contribution in [2.45, 2.75) is 19.4 Å². The number of nitro benzene ring substituents is 1. The summed E-state index contributed by atoms with van der Waals surface area (Å²) in [6.45, 7) is 3.19. The molecule has 2 aromatic rings. The molecule has 1 heterocycles. The van der Waals surface area contributed by atoms with Gasteiger partial charge in [0.1, 0.15) is 0 Å². The second-order valence-electron chi connectivity index (χ2n) is 5.55. The zero-order valence-electron chi connectivity index (χ0n) is 13.7. The summed E-state index contributed by atoms with van der Waals surface area (Å²) in [4.78, 5) is 11.0. The number of hydrogen-bond donors (Lipinski definition) is 1. The van der Waals surface area contributed by atoms with Crippen LogP contribution < -0.4 is 14.8 Å². The molecule has 0 saturated heterocycles. The molecule has 24 heavy (non-hydrogen) atoms. The quantitative estimate of drug-likeness (QED) is 0.674. The number of nitrogens with zero attached hydrogens (tertiary/aromatic N) is 1. The molecule has 0 spiro atoms. The zero-order chi connectivity index (χ0) is 17.1. The number of para-hydroxylation sites is 1. The van der Waals surface area contributed by atoms with E-state index < -0.39 is 0 Å². The maximum atomic E-state index is 11.4. The highest BCUT2D eigenvalue weighted by Crippen LogP contribution is 2.41. The Morgan fingerprint density at radius 1 is 1.25 bits per heavy atom. The van der Waals surface area contributed by atoms with Gasteiger partial charge in [-0.2, -0.15) is 0 Å². The Hall–Kier alpha value is -2.60. The van der Waals surface area contributed by atoms with E-state index in [9.17, 15) is 10.1 Å². The number of fused-ring (bicyclic) bond motifs is 1. The Labute approximate surface area is 140 Å². The van der Waals surface area contributed by atoms with Crippen LogP contribution in [0.15, 0.2) is 36.4 Å². The number of rotatable bonds is 5. The molecule has 1 aliphatic heterocycles. The number of benzene rings is 2. The average molecular weight is 328 g/mol. The predicted octanol–water partition coefficient (Wildman–Crippen LogP) is 3.24. The summed E-state index contributed by atoms with van der Waals surface area (Å²) in [7, 11) is 1.62. The van der Waals surface area contributed by atoms with Gasteiger partial charge >= 0.3 is 0 Å². The van der Waals surface area contributed by atoms with Crippen LogP contribution in [-0.2, 0) is 6.42 Å². The van der Waals surface area contributed by atoms with Crippen molar-refractivity contribution in [1.82, 2.24) is 5.32 Å². The van der Waals surface area contributed by atoms with Gasteiger partial charge in [0, 0.05) is 18.2 Å². The van der Waals surface area contributed by atoms with Crippen LogP contribution in [0.3, 0.4) is 0 Å². The lowest BCUT2D eigenvalue weighted by atomic mass is 9.88. The molecule has 6 nitrogen and oxygen atoms in total. The number of ether oxygens (including phenoxy) is 2. The molecule has 0 fully saturated rings. The Balaban J connectivity index is 2.14. The lowest BCUT2D eigenvalue weighted by Crippen LogP contribution is -2.31. The zero-order valence-corrected chi connectivity index (χ0v) is 13.7. The molecule has 6 heteroatoms. The van der Waals surface area contributed by atoms with Crippen LogP contribution in [0.4, 0.5) is 5.69 Å². The van der Waals surface area contributed by atoms with Crippen LogP contribution in [0.25, 0.3) is 0 Å². The van der Waals surface area contributed by atoms with E-state index in [0.29, 0.717) is 17.9 Å². The summed E-state index contributed by atoms with van der Waals surface area (Å²) >= 11 is 0. The second kappa shape index (κ2) is 6.88. The van der Waals surface area contributed by atoms with Crippen molar-refractivity contribution < 1.29 is 14.4 Å². The van der Waals surface area contributed by atoms with Crippen LogP contribution in [0, 0.1) is 10.1 Å². The summed E-state index contributed by atoms with van der Waals surface area (Å²) in [5, 5.41) is 14.8. The third-order valence-electron chi connectivity index (χ3n) is 4.25. The van der Waals surface area contributed by atoms with Gasteiger partial charge < -0.3 is 14.8 Å². The summed E-state index contributed by atoms with van der Waals surface area (Å²) < 4.78 is 11.2. The number of hydrogen-bond acceptors (Lipinski definition) is 5. The Morgan fingerprint density at radius 2 is 2.04 bits per heavy atom. The molecular formula is C18H20N2O4. The lowest BCUT2D eigenvalue weighted by molar-refractivity contribution is -0.385. The van der Waals surface area contributed by atoms with E-state index >= 15 is 0 Å². The van der Waals surface area contributed by atoms with Crippen LogP contribution in [0.5, 0.6) is 11.5 Å². The highest BCUT2D eigenvalue weighted by atomic mass is 16.6. The van der Waals surface area contributed by atoms with Gasteiger partial charge in [-0.05, 0) is 25.0 Å². The lowest BCUT2D eigenvalue weighted by Gasteiger charge is -2.29. The van der Waals surface area contributed by atoms with Crippen molar-refractivity contribution >= 4 is 5.69 Å². The fourth-order valence-corrected chi connectivity index (χ4v) is 3.24. The van der Waals surface area contributed by atoms with Crippen LogP contribution in [0.1, 0.15) is 29.7 Å². The van der Waals surface area contributed by atoms with Crippen molar-refractivity contribution in [3.63, 3.8) is 0 Å². The van der Waals surface area contributed by atoms with Crippen molar-refractivity contribution in [1.29, 1.82) is 0 Å². The van der Waals surface area contributed by atoms with Gasteiger partial charge in [0.25, 0.3) is 5.69 Å². The van der Waals surface area contributed by atoms with Gasteiger partial charge in [0.05, 0.1) is 30.2 Å². The summed E-state index contributed by atoms with van der Waals surface area (Å²) in [5.41, 5.74) is 2.84. The van der Waals surface area contributed by atoms with E-state index in [1.165, 1.54) is 6.07 Å².